The van der Waals surface area contributed by atoms with E-state index in [2.05, 4.69) is 0 Å². The largest absolute Gasteiger partial charge is 2.00 e. The second-order valence-corrected chi connectivity index (χ2v) is 3.06. The maximum absolute atomic E-state index is 9.63. The topological polar surface area (TPSA) is 241 Å². The maximum atomic E-state index is 9.63. The van der Waals surface area contributed by atoms with Crippen LogP contribution in [-0.4, -0.2) is 68.7 Å². The molecule has 0 amide bonds. The first kappa shape index (κ1) is 34.6. The summed E-state index contributed by atoms with van der Waals surface area (Å²) >= 11 is 0. The molecule has 1 radical (unpaired) electrons. The van der Waals surface area contributed by atoms with Gasteiger partial charge in [-0.15, -0.1) is 0 Å². The van der Waals surface area contributed by atoms with Crippen LogP contribution in [0.25, 0.3) is 0 Å². The Bertz CT molecular complexity index is 319. The third kappa shape index (κ3) is 15.5. The molecule has 15 heteroatoms. The van der Waals surface area contributed by atoms with Crippen LogP contribution >= 0.6 is 0 Å². The summed E-state index contributed by atoms with van der Waals surface area (Å²) in [5.41, 5.74) is 0. The molecule has 0 spiro atoms. The number of carbonyl (C=O) groups excluding carboxylic acids is 4. The molecule has 0 aliphatic carbocycles. The minimum atomic E-state index is -2.44. The summed E-state index contributed by atoms with van der Waals surface area (Å²) in [7, 11) is 0. The van der Waals surface area contributed by atoms with Gasteiger partial charge < -0.3 is 60.0 Å². The van der Waals surface area contributed by atoms with Crippen molar-refractivity contribution in [3.63, 3.8) is 0 Å². The van der Waals surface area contributed by atoms with Crippen molar-refractivity contribution in [3.8, 4) is 0 Å². The van der Waals surface area contributed by atoms with Gasteiger partial charge in [-0.25, -0.2) is 0 Å². The van der Waals surface area contributed by atoms with E-state index < -0.39 is 48.3 Å². The van der Waals surface area contributed by atoms with Crippen molar-refractivity contribution >= 4 is 23.9 Å². The van der Waals surface area contributed by atoms with Gasteiger partial charge in [0.15, 0.2) is 0 Å². The minimum Gasteiger partial charge on any atom is -0.547 e. The molecule has 0 saturated carbocycles. The molecule has 4 atom stereocenters. The van der Waals surface area contributed by atoms with Crippen LogP contribution in [0.5, 0.6) is 0 Å². The number of carbonyl (C=O) groups is 4. The van der Waals surface area contributed by atoms with Crippen LogP contribution in [0.3, 0.4) is 0 Å². The fraction of sp³-hybridized carbons (Fsp3) is 0.500. The first-order valence-corrected chi connectivity index (χ1v) is 4.49. The Kier molecular flexibility index (Phi) is 25.7. The molecule has 0 fully saturated rings. The Hall–Kier alpha value is 0.239. The number of carboxylic acids is 4. The van der Waals surface area contributed by atoms with Crippen molar-refractivity contribution in [2.24, 2.45) is 0 Å². The maximum Gasteiger partial charge on any atom is 2.00 e. The number of rotatable bonds is 6. The molecule has 0 aliphatic heterocycles. The van der Waals surface area contributed by atoms with E-state index in [1.54, 1.807) is 0 Å². The normalized spacial score (nSPS) is 13.7. The minimum absolute atomic E-state index is 0. The van der Waals surface area contributed by atoms with E-state index >= 15 is 0 Å². The van der Waals surface area contributed by atoms with Gasteiger partial charge >= 0.3 is 76.2 Å². The number of aliphatic carboxylic acids is 4. The predicted molar refractivity (Wildman–Crippen MR) is 44.1 cm³/mol. The fourth-order valence-electron chi connectivity index (χ4n) is 0.516. The summed E-state index contributed by atoms with van der Waals surface area (Å²) in [4.78, 5) is 38.5. The number of carboxylic acid groups (broad SMARTS) is 4. The molecule has 125 valence electrons. The molecule has 0 heterocycles. The number of aliphatic hydroxyl groups excluding tert-OH is 4. The van der Waals surface area contributed by atoms with Crippen molar-refractivity contribution in [3.05, 3.63) is 0 Å². The molecule has 0 saturated heterocycles. The second-order valence-electron chi connectivity index (χ2n) is 3.06. The molecule has 0 bridgehead atoms. The Morgan fingerprint density at radius 3 is 0.652 bits per heavy atom. The number of hydrogen-bond acceptors (Lipinski definition) is 12. The van der Waals surface area contributed by atoms with Crippen LogP contribution in [0.4, 0.5) is 0 Å². The summed E-state index contributed by atoms with van der Waals surface area (Å²) in [6.07, 6.45) is -9.76. The Morgan fingerprint density at radius 2 is 0.609 bits per heavy atom. The molecule has 0 aromatic heterocycles. The molecule has 12 nitrogen and oxygen atoms in total. The molecule has 23 heavy (non-hydrogen) atoms. The Morgan fingerprint density at radius 1 is 0.522 bits per heavy atom. The van der Waals surface area contributed by atoms with Crippen molar-refractivity contribution in [1.29, 1.82) is 0 Å². The zero-order valence-electron chi connectivity index (χ0n) is 11.7. The molecule has 0 rings (SSSR count). The average Bonchev–Trinajstić information content (AvgIpc) is 2.35. The van der Waals surface area contributed by atoms with Crippen molar-refractivity contribution in [2.45, 2.75) is 24.4 Å². The van der Waals surface area contributed by atoms with E-state index in [1.165, 1.54) is 0 Å². The Labute approximate surface area is 183 Å². The van der Waals surface area contributed by atoms with Crippen molar-refractivity contribution in [1.82, 2.24) is 0 Å². The van der Waals surface area contributed by atoms with Gasteiger partial charge in [0.2, 0.25) is 0 Å². The SMILES string of the molecule is O=C([O-])C(O)C(O)C(=O)[O-].O=C([O-])C(O)C(O)C(=O)[O-].[Cu+2].[Na+].[Na+]. The molecule has 0 aromatic rings. The van der Waals surface area contributed by atoms with Crippen LogP contribution in [0.15, 0.2) is 0 Å². The molecular formula is C8H8CuNa2O12. The van der Waals surface area contributed by atoms with Gasteiger partial charge in [0, 0.05) is 0 Å². The fourth-order valence-corrected chi connectivity index (χ4v) is 0.516. The van der Waals surface area contributed by atoms with E-state index in [4.69, 9.17) is 20.4 Å². The third-order valence-electron chi connectivity index (χ3n) is 1.56. The first-order valence-electron chi connectivity index (χ1n) is 4.49. The van der Waals surface area contributed by atoms with E-state index in [1.807, 2.05) is 0 Å². The van der Waals surface area contributed by atoms with E-state index in [0.29, 0.717) is 0 Å². The zero-order chi connectivity index (χ0) is 16.6. The summed E-state index contributed by atoms with van der Waals surface area (Å²) in [6, 6.07) is 0. The second kappa shape index (κ2) is 17.1. The number of aliphatic hydroxyl groups is 4. The van der Waals surface area contributed by atoms with Gasteiger partial charge in [-0.3, -0.25) is 0 Å². The summed E-state index contributed by atoms with van der Waals surface area (Å²) < 4.78 is 0. The Balaban J connectivity index is -0.0000000831. The average molecular weight is 406 g/mol. The van der Waals surface area contributed by atoms with E-state index in [0.717, 1.165) is 0 Å². The smallest absolute Gasteiger partial charge is 0.547 e. The first-order chi connectivity index (χ1) is 8.93. The third-order valence-corrected chi connectivity index (χ3v) is 1.56. The van der Waals surface area contributed by atoms with Crippen LogP contribution < -0.4 is 79.5 Å². The van der Waals surface area contributed by atoms with Gasteiger partial charge in [0.25, 0.3) is 0 Å². The summed E-state index contributed by atoms with van der Waals surface area (Å²) in [5, 5.41) is 71.5. The van der Waals surface area contributed by atoms with Gasteiger partial charge in [-0.1, -0.05) is 0 Å². The monoisotopic (exact) mass is 405 g/mol. The predicted octanol–water partition coefficient (Wildman–Crippen LogP) is -15.6. The van der Waals surface area contributed by atoms with Crippen LogP contribution in [0.2, 0.25) is 0 Å². The molecule has 0 aromatic carbocycles. The standard InChI is InChI=1S/2C4H6O6.Cu.2Na/c2*5-1(3(7)8)2(6)4(9)10;;;/h2*1-2,5-6H,(H,7,8)(H,9,10);;;/q;;+2;2*+1/p-4. The van der Waals surface area contributed by atoms with Gasteiger partial charge in [-0.2, -0.15) is 0 Å². The van der Waals surface area contributed by atoms with E-state index in [-0.39, 0.29) is 76.2 Å². The van der Waals surface area contributed by atoms with Crippen molar-refractivity contribution < 1.29 is 136 Å². The molecule has 4 N–H and O–H groups in total. The molecule has 4 unspecified atom stereocenters. The van der Waals surface area contributed by atoms with Gasteiger partial charge in [0.05, 0.1) is 23.9 Å². The van der Waals surface area contributed by atoms with Crippen LogP contribution in [0, 0.1) is 0 Å². The van der Waals surface area contributed by atoms with Gasteiger partial charge in [0.1, 0.15) is 24.4 Å². The summed E-state index contributed by atoms with van der Waals surface area (Å²) in [5.74, 6) is -8.23. The summed E-state index contributed by atoms with van der Waals surface area (Å²) in [6.45, 7) is 0. The number of hydrogen-bond donors (Lipinski definition) is 4. The molecule has 0 aliphatic rings. The van der Waals surface area contributed by atoms with Crippen LogP contribution in [0.1, 0.15) is 0 Å². The molecular weight excluding hydrogens is 398 g/mol. The zero-order valence-corrected chi connectivity index (χ0v) is 16.6. The van der Waals surface area contributed by atoms with E-state index in [9.17, 15) is 39.6 Å². The van der Waals surface area contributed by atoms with Gasteiger partial charge in [-0.05, 0) is 0 Å². The van der Waals surface area contributed by atoms with Crippen molar-refractivity contribution in [2.75, 3.05) is 0 Å². The van der Waals surface area contributed by atoms with Crippen LogP contribution in [-0.2, 0) is 36.2 Å². The quantitative estimate of drug-likeness (QED) is 0.301.